The van der Waals surface area contributed by atoms with Gasteiger partial charge in [0.15, 0.2) is 0 Å². The van der Waals surface area contributed by atoms with Gasteiger partial charge in [-0.25, -0.2) is 8.42 Å². The Morgan fingerprint density at radius 1 is 1.22 bits per heavy atom. The van der Waals surface area contributed by atoms with Crippen molar-refractivity contribution in [2.75, 3.05) is 13.1 Å². The Balaban J connectivity index is 2.34. The summed E-state index contributed by atoms with van der Waals surface area (Å²) in [5.74, 6) is 0. The molecule has 2 N–H and O–H groups in total. The van der Waals surface area contributed by atoms with Crippen LogP contribution in [0.5, 0.6) is 0 Å². The van der Waals surface area contributed by atoms with Gasteiger partial charge in [0.05, 0.1) is 4.90 Å². The Morgan fingerprint density at radius 2 is 1.83 bits per heavy atom. The van der Waals surface area contributed by atoms with Crippen molar-refractivity contribution >= 4 is 10.0 Å². The molecule has 1 saturated heterocycles. The Bertz CT molecular complexity index is 532. The summed E-state index contributed by atoms with van der Waals surface area (Å²) in [5.41, 5.74) is 7.66. The molecule has 1 fully saturated rings. The van der Waals surface area contributed by atoms with Crippen molar-refractivity contribution in [3.63, 3.8) is 0 Å². The average Bonchev–Trinajstić information content (AvgIpc) is 2.33. The molecule has 0 spiro atoms. The van der Waals surface area contributed by atoms with E-state index >= 15 is 0 Å². The molecule has 1 aromatic rings. The first-order chi connectivity index (χ1) is 8.43. The number of piperidine rings is 1. The molecule has 100 valence electrons. The molecule has 2 rings (SSSR count). The summed E-state index contributed by atoms with van der Waals surface area (Å²) in [7, 11) is -3.36. The van der Waals surface area contributed by atoms with Gasteiger partial charge in [-0.15, -0.1) is 0 Å². The molecule has 0 aromatic heterocycles. The van der Waals surface area contributed by atoms with Crippen molar-refractivity contribution in [2.24, 2.45) is 5.73 Å². The largest absolute Gasteiger partial charge is 0.328 e. The smallest absolute Gasteiger partial charge is 0.243 e. The lowest BCUT2D eigenvalue weighted by Gasteiger charge is -2.29. The van der Waals surface area contributed by atoms with Crippen molar-refractivity contribution in [1.29, 1.82) is 0 Å². The third-order valence-corrected chi connectivity index (χ3v) is 5.71. The second-order valence-corrected chi connectivity index (χ2v) is 6.85. The normalized spacial score (nSPS) is 19.1. The van der Waals surface area contributed by atoms with Gasteiger partial charge >= 0.3 is 0 Å². The van der Waals surface area contributed by atoms with E-state index < -0.39 is 10.0 Å². The van der Waals surface area contributed by atoms with Crippen LogP contribution in [-0.4, -0.2) is 31.9 Å². The number of sulfonamides is 1. The van der Waals surface area contributed by atoms with Crippen LogP contribution >= 0.6 is 0 Å². The van der Waals surface area contributed by atoms with E-state index in [1.807, 2.05) is 19.9 Å². The van der Waals surface area contributed by atoms with Crippen LogP contribution in [0.4, 0.5) is 0 Å². The predicted molar refractivity (Wildman–Crippen MR) is 71.9 cm³/mol. The summed E-state index contributed by atoms with van der Waals surface area (Å²) in [6.07, 6.45) is 1.48. The third kappa shape index (κ3) is 2.43. The van der Waals surface area contributed by atoms with Crippen LogP contribution in [0.3, 0.4) is 0 Å². The van der Waals surface area contributed by atoms with Crippen molar-refractivity contribution in [2.45, 2.75) is 37.6 Å². The van der Waals surface area contributed by atoms with Crippen molar-refractivity contribution < 1.29 is 8.42 Å². The Morgan fingerprint density at radius 3 is 2.44 bits per heavy atom. The van der Waals surface area contributed by atoms with Gasteiger partial charge in [0.25, 0.3) is 0 Å². The number of aryl methyl sites for hydroxylation is 1. The Labute approximate surface area is 109 Å². The molecular formula is C13H20N2O2S. The zero-order valence-corrected chi connectivity index (χ0v) is 11.7. The molecule has 1 aliphatic rings. The molecule has 0 bridgehead atoms. The van der Waals surface area contributed by atoms with Gasteiger partial charge < -0.3 is 5.73 Å². The quantitative estimate of drug-likeness (QED) is 0.882. The van der Waals surface area contributed by atoms with Crippen LogP contribution in [0.2, 0.25) is 0 Å². The van der Waals surface area contributed by atoms with Crippen LogP contribution < -0.4 is 5.73 Å². The molecule has 5 heteroatoms. The monoisotopic (exact) mass is 268 g/mol. The first kappa shape index (κ1) is 13.5. The summed E-state index contributed by atoms with van der Waals surface area (Å²) < 4.78 is 26.7. The van der Waals surface area contributed by atoms with E-state index in [1.54, 1.807) is 16.4 Å². The highest BCUT2D eigenvalue weighted by atomic mass is 32.2. The maximum absolute atomic E-state index is 12.6. The van der Waals surface area contributed by atoms with E-state index in [0.717, 1.165) is 24.0 Å². The second-order valence-electron chi connectivity index (χ2n) is 4.94. The molecule has 1 aromatic carbocycles. The van der Waals surface area contributed by atoms with E-state index in [-0.39, 0.29) is 6.04 Å². The highest BCUT2D eigenvalue weighted by molar-refractivity contribution is 7.89. The van der Waals surface area contributed by atoms with Crippen LogP contribution in [0.25, 0.3) is 0 Å². The molecule has 18 heavy (non-hydrogen) atoms. The molecule has 0 atom stereocenters. The lowest BCUT2D eigenvalue weighted by molar-refractivity contribution is 0.320. The van der Waals surface area contributed by atoms with Gasteiger partial charge in [-0.1, -0.05) is 12.1 Å². The van der Waals surface area contributed by atoms with Crippen LogP contribution in [0.15, 0.2) is 23.1 Å². The minimum absolute atomic E-state index is 0.134. The number of nitrogens with two attached hydrogens (primary N) is 1. The maximum Gasteiger partial charge on any atom is 0.243 e. The number of hydrogen-bond donors (Lipinski definition) is 1. The predicted octanol–water partition coefficient (Wildman–Crippen LogP) is 1.42. The highest BCUT2D eigenvalue weighted by Gasteiger charge is 2.29. The summed E-state index contributed by atoms with van der Waals surface area (Å²) in [6, 6.07) is 5.55. The van der Waals surface area contributed by atoms with Crippen molar-refractivity contribution in [3.8, 4) is 0 Å². The molecular weight excluding hydrogens is 248 g/mol. The minimum Gasteiger partial charge on any atom is -0.328 e. The zero-order valence-electron chi connectivity index (χ0n) is 10.9. The van der Waals surface area contributed by atoms with E-state index in [1.165, 1.54) is 0 Å². The molecule has 4 nitrogen and oxygen atoms in total. The molecule has 1 heterocycles. The summed E-state index contributed by atoms with van der Waals surface area (Å²) in [5, 5.41) is 0. The molecule has 0 amide bonds. The summed E-state index contributed by atoms with van der Waals surface area (Å²) >= 11 is 0. The minimum atomic E-state index is -3.36. The van der Waals surface area contributed by atoms with Crippen molar-refractivity contribution in [1.82, 2.24) is 4.31 Å². The van der Waals surface area contributed by atoms with Gasteiger partial charge in [0.1, 0.15) is 0 Å². The standard InChI is InChI=1S/C13H20N2O2S/c1-10-4-3-5-13(11(10)2)18(16,17)15-8-6-12(14)7-9-15/h3-5,12H,6-9,14H2,1-2H3. The lowest BCUT2D eigenvalue weighted by Crippen LogP contribution is -2.42. The fourth-order valence-corrected chi connectivity index (χ4v) is 4.03. The van der Waals surface area contributed by atoms with Gasteiger partial charge in [-0.3, -0.25) is 0 Å². The Hall–Kier alpha value is -0.910. The van der Waals surface area contributed by atoms with Gasteiger partial charge in [-0.2, -0.15) is 4.31 Å². The van der Waals surface area contributed by atoms with E-state index in [4.69, 9.17) is 5.73 Å². The van der Waals surface area contributed by atoms with E-state index in [0.29, 0.717) is 18.0 Å². The van der Waals surface area contributed by atoms with Gasteiger partial charge in [0.2, 0.25) is 10.0 Å². The van der Waals surface area contributed by atoms with E-state index in [9.17, 15) is 8.42 Å². The van der Waals surface area contributed by atoms with Crippen molar-refractivity contribution in [3.05, 3.63) is 29.3 Å². The third-order valence-electron chi connectivity index (χ3n) is 3.67. The SMILES string of the molecule is Cc1cccc(S(=O)(=O)N2CCC(N)CC2)c1C. The highest BCUT2D eigenvalue weighted by Crippen LogP contribution is 2.24. The zero-order chi connectivity index (χ0) is 13.3. The number of benzene rings is 1. The van der Waals surface area contributed by atoms with E-state index in [2.05, 4.69) is 0 Å². The van der Waals surface area contributed by atoms with Crippen LogP contribution in [0.1, 0.15) is 24.0 Å². The molecule has 0 unspecified atom stereocenters. The number of nitrogens with zero attached hydrogens (tertiary/aromatic N) is 1. The second kappa shape index (κ2) is 4.99. The van der Waals surface area contributed by atoms with Crippen LogP contribution in [-0.2, 0) is 10.0 Å². The van der Waals surface area contributed by atoms with Gasteiger partial charge in [0, 0.05) is 19.1 Å². The number of rotatable bonds is 2. The lowest BCUT2D eigenvalue weighted by atomic mass is 10.1. The average molecular weight is 268 g/mol. The number of hydrogen-bond acceptors (Lipinski definition) is 3. The maximum atomic E-state index is 12.6. The summed E-state index contributed by atoms with van der Waals surface area (Å²) in [6.45, 7) is 4.84. The summed E-state index contributed by atoms with van der Waals surface area (Å²) in [4.78, 5) is 0.429. The Kier molecular flexibility index (Phi) is 3.75. The first-order valence-electron chi connectivity index (χ1n) is 6.25. The molecule has 0 saturated carbocycles. The molecule has 0 radical (unpaired) electrons. The molecule has 0 aliphatic carbocycles. The fourth-order valence-electron chi connectivity index (χ4n) is 2.26. The fraction of sp³-hybridized carbons (Fsp3) is 0.538. The van der Waals surface area contributed by atoms with Gasteiger partial charge in [-0.05, 0) is 43.9 Å². The topological polar surface area (TPSA) is 63.4 Å². The van der Waals surface area contributed by atoms with Crippen LogP contribution in [0, 0.1) is 13.8 Å². The molecule has 1 aliphatic heterocycles. The first-order valence-corrected chi connectivity index (χ1v) is 7.69.